The molecule has 6 nitrogen and oxygen atoms in total. The zero-order valence-electron chi connectivity index (χ0n) is 17.0. The van der Waals surface area contributed by atoms with Crippen molar-refractivity contribution in [3.05, 3.63) is 28.9 Å². The molecule has 7 heteroatoms. The first kappa shape index (κ1) is 20.9. The number of rotatable bonds is 6. The van der Waals surface area contributed by atoms with E-state index in [4.69, 9.17) is 11.6 Å². The van der Waals surface area contributed by atoms with Gasteiger partial charge >= 0.3 is 6.03 Å². The largest absolute Gasteiger partial charge is 0.388 e. The summed E-state index contributed by atoms with van der Waals surface area (Å²) < 4.78 is 0. The molecule has 2 amide bonds. The molecular formula is C21H31ClN4O2. The van der Waals surface area contributed by atoms with Crippen LogP contribution in [0.5, 0.6) is 0 Å². The quantitative estimate of drug-likeness (QED) is 0.618. The number of urea groups is 1. The van der Waals surface area contributed by atoms with E-state index in [9.17, 15) is 9.90 Å². The number of aromatic amines is 1. The molecule has 0 aliphatic carbocycles. The van der Waals surface area contributed by atoms with Gasteiger partial charge in [-0.05, 0) is 42.7 Å². The smallest absolute Gasteiger partial charge is 0.317 e. The first-order valence-corrected chi connectivity index (χ1v) is 10.6. The number of hydrogen-bond acceptors (Lipinski definition) is 3. The zero-order chi connectivity index (χ0) is 20.3. The number of likely N-dealkylation sites (tertiary alicyclic amines) is 1. The second-order valence-electron chi connectivity index (χ2n) is 8.40. The third kappa shape index (κ3) is 4.28. The normalized spacial score (nSPS) is 17.1. The van der Waals surface area contributed by atoms with Crippen molar-refractivity contribution >= 4 is 28.5 Å². The molecule has 0 unspecified atom stereocenters. The van der Waals surface area contributed by atoms with E-state index in [0.717, 1.165) is 48.7 Å². The highest BCUT2D eigenvalue weighted by Crippen LogP contribution is 2.46. The first-order chi connectivity index (χ1) is 13.3. The van der Waals surface area contributed by atoms with Gasteiger partial charge in [0.2, 0.25) is 0 Å². The molecule has 2 aromatic rings. The minimum atomic E-state index is -0.677. The van der Waals surface area contributed by atoms with E-state index in [-0.39, 0.29) is 11.4 Å². The van der Waals surface area contributed by atoms with Crippen LogP contribution in [-0.4, -0.2) is 45.9 Å². The van der Waals surface area contributed by atoms with Crippen LogP contribution < -0.4 is 5.32 Å². The number of carbonyl (C=O) groups excluding carboxylic acids is 1. The number of amides is 2. The van der Waals surface area contributed by atoms with Gasteiger partial charge in [-0.3, -0.25) is 5.10 Å². The van der Waals surface area contributed by atoms with Gasteiger partial charge in [-0.15, -0.1) is 0 Å². The lowest BCUT2D eigenvalue weighted by molar-refractivity contribution is -0.0143. The summed E-state index contributed by atoms with van der Waals surface area (Å²) in [5.74, 6) is 0.305. The molecule has 1 saturated heterocycles. The van der Waals surface area contributed by atoms with Crippen molar-refractivity contribution in [1.29, 1.82) is 0 Å². The SMILES string of the molecule is CCCCNC(=O)N1CCC(C(C)(C)[C@H](O)c2cc(Cl)cc3cn[nH]c23)CC1. The van der Waals surface area contributed by atoms with Crippen molar-refractivity contribution in [3.63, 3.8) is 0 Å². The van der Waals surface area contributed by atoms with Gasteiger partial charge in [0.1, 0.15) is 0 Å². The summed E-state index contributed by atoms with van der Waals surface area (Å²) in [6.07, 6.45) is 4.87. The molecule has 1 fully saturated rings. The number of nitrogens with zero attached hydrogens (tertiary/aromatic N) is 2. The molecule has 154 valence electrons. The number of H-pyrrole nitrogens is 1. The number of piperidine rings is 1. The van der Waals surface area contributed by atoms with Crippen LogP contribution in [0.2, 0.25) is 5.02 Å². The molecule has 1 aliphatic rings. The van der Waals surface area contributed by atoms with E-state index in [2.05, 4.69) is 36.3 Å². The van der Waals surface area contributed by atoms with Gasteiger partial charge in [-0.1, -0.05) is 38.8 Å². The van der Waals surface area contributed by atoms with Crippen LogP contribution in [-0.2, 0) is 0 Å². The number of halogens is 1. The molecule has 0 bridgehead atoms. The van der Waals surface area contributed by atoms with Crippen molar-refractivity contribution in [3.8, 4) is 0 Å². The highest BCUT2D eigenvalue weighted by Gasteiger charge is 2.40. The van der Waals surface area contributed by atoms with Gasteiger partial charge in [0.25, 0.3) is 0 Å². The average molecular weight is 407 g/mol. The fraction of sp³-hybridized carbons (Fsp3) is 0.619. The predicted octanol–water partition coefficient (Wildman–Crippen LogP) is 4.50. The van der Waals surface area contributed by atoms with Crippen LogP contribution in [0.3, 0.4) is 0 Å². The molecular weight excluding hydrogens is 376 g/mol. The average Bonchev–Trinajstić information content (AvgIpc) is 3.15. The van der Waals surface area contributed by atoms with E-state index in [1.54, 1.807) is 6.20 Å². The Kier molecular flexibility index (Phi) is 6.50. The molecule has 1 aromatic heterocycles. The summed E-state index contributed by atoms with van der Waals surface area (Å²) in [7, 11) is 0. The Morgan fingerprint density at radius 1 is 1.43 bits per heavy atom. The van der Waals surface area contributed by atoms with Crippen molar-refractivity contribution in [2.24, 2.45) is 11.3 Å². The molecule has 2 heterocycles. The number of hydrogen-bond donors (Lipinski definition) is 3. The van der Waals surface area contributed by atoms with E-state index < -0.39 is 6.10 Å². The zero-order valence-corrected chi connectivity index (χ0v) is 17.7. The number of fused-ring (bicyclic) bond motifs is 1. The van der Waals surface area contributed by atoms with E-state index in [1.165, 1.54) is 0 Å². The Hall–Kier alpha value is -1.79. The van der Waals surface area contributed by atoms with Gasteiger partial charge in [0.15, 0.2) is 0 Å². The fourth-order valence-corrected chi connectivity index (χ4v) is 4.43. The molecule has 3 rings (SSSR count). The molecule has 3 N–H and O–H groups in total. The molecule has 1 aliphatic heterocycles. The standard InChI is InChI=1S/C21H31ClN4O2/c1-4-5-8-23-20(28)26-9-6-15(7-10-26)21(2,3)19(27)17-12-16(22)11-14-13-24-25-18(14)17/h11-13,15,19,27H,4-10H2,1-3H3,(H,23,28)(H,24,25)/t19-/m1/s1. The van der Waals surface area contributed by atoms with Gasteiger partial charge in [0.05, 0.1) is 17.8 Å². The van der Waals surface area contributed by atoms with Crippen molar-refractivity contribution in [1.82, 2.24) is 20.4 Å². The van der Waals surface area contributed by atoms with Crippen LogP contribution in [0.4, 0.5) is 4.79 Å². The number of nitrogens with one attached hydrogen (secondary N) is 2. The highest BCUT2D eigenvalue weighted by atomic mass is 35.5. The number of aromatic nitrogens is 2. The van der Waals surface area contributed by atoms with Gasteiger partial charge in [0, 0.05) is 35.6 Å². The van der Waals surface area contributed by atoms with Crippen LogP contribution in [0.15, 0.2) is 18.3 Å². The lowest BCUT2D eigenvalue weighted by atomic mass is 9.68. The van der Waals surface area contributed by atoms with Crippen LogP contribution in [0, 0.1) is 11.3 Å². The fourth-order valence-electron chi connectivity index (χ4n) is 4.20. The Balaban J connectivity index is 1.68. The van der Waals surface area contributed by atoms with E-state index in [0.29, 0.717) is 24.0 Å². The number of benzene rings is 1. The molecule has 28 heavy (non-hydrogen) atoms. The summed E-state index contributed by atoms with van der Waals surface area (Å²) in [4.78, 5) is 14.2. The second-order valence-corrected chi connectivity index (χ2v) is 8.84. The predicted molar refractivity (Wildman–Crippen MR) is 112 cm³/mol. The summed E-state index contributed by atoms with van der Waals surface area (Å²) in [5, 5.41) is 22.8. The Bertz CT molecular complexity index is 812. The summed E-state index contributed by atoms with van der Waals surface area (Å²) in [6, 6.07) is 3.70. The molecule has 0 spiro atoms. The van der Waals surface area contributed by atoms with Crippen molar-refractivity contribution in [2.75, 3.05) is 19.6 Å². The Morgan fingerprint density at radius 2 is 2.14 bits per heavy atom. The molecule has 0 saturated carbocycles. The monoisotopic (exact) mass is 406 g/mol. The molecule has 1 aromatic carbocycles. The maximum absolute atomic E-state index is 12.3. The van der Waals surface area contributed by atoms with Crippen molar-refractivity contribution < 1.29 is 9.90 Å². The minimum absolute atomic E-state index is 0.0271. The van der Waals surface area contributed by atoms with Gasteiger partial charge < -0.3 is 15.3 Å². The third-order valence-electron chi connectivity index (χ3n) is 6.18. The highest BCUT2D eigenvalue weighted by molar-refractivity contribution is 6.31. The van der Waals surface area contributed by atoms with Crippen LogP contribution >= 0.6 is 11.6 Å². The molecule has 1 atom stereocenters. The van der Waals surface area contributed by atoms with E-state index in [1.807, 2.05) is 17.0 Å². The summed E-state index contributed by atoms with van der Waals surface area (Å²) in [6.45, 7) is 8.48. The number of aliphatic hydroxyl groups is 1. The maximum Gasteiger partial charge on any atom is 0.317 e. The third-order valence-corrected chi connectivity index (χ3v) is 6.40. The Labute approximate surface area is 171 Å². The first-order valence-electron chi connectivity index (χ1n) is 10.2. The summed E-state index contributed by atoms with van der Waals surface area (Å²) in [5.41, 5.74) is 1.26. The van der Waals surface area contributed by atoms with Crippen LogP contribution in [0.25, 0.3) is 10.9 Å². The van der Waals surface area contributed by atoms with Crippen molar-refractivity contribution in [2.45, 2.75) is 52.6 Å². The molecule has 0 radical (unpaired) electrons. The lowest BCUT2D eigenvalue weighted by Gasteiger charge is -2.43. The number of carbonyl (C=O) groups is 1. The Morgan fingerprint density at radius 3 is 2.82 bits per heavy atom. The van der Waals surface area contributed by atoms with Gasteiger partial charge in [-0.2, -0.15) is 5.10 Å². The number of unbranched alkanes of at least 4 members (excludes halogenated alkanes) is 1. The lowest BCUT2D eigenvalue weighted by Crippen LogP contribution is -2.47. The minimum Gasteiger partial charge on any atom is -0.388 e. The number of aliphatic hydroxyl groups excluding tert-OH is 1. The second kappa shape index (κ2) is 8.70. The van der Waals surface area contributed by atoms with Gasteiger partial charge in [-0.25, -0.2) is 4.79 Å². The van der Waals surface area contributed by atoms with Crippen LogP contribution in [0.1, 0.15) is 58.1 Å². The van der Waals surface area contributed by atoms with E-state index >= 15 is 0 Å². The summed E-state index contributed by atoms with van der Waals surface area (Å²) >= 11 is 6.26. The topological polar surface area (TPSA) is 81.2 Å². The maximum atomic E-state index is 12.3.